The molecule has 3 heteroatoms. The zero-order valence-electron chi connectivity index (χ0n) is 10.5. The molecule has 0 fully saturated rings. The first-order chi connectivity index (χ1) is 7.29. The molecule has 3 nitrogen and oxygen atoms in total. The summed E-state index contributed by atoms with van der Waals surface area (Å²) < 4.78 is 5.61. The molecule has 0 unspecified atom stereocenters. The van der Waals surface area contributed by atoms with Crippen LogP contribution in [0.3, 0.4) is 0 Å². The second-order valence-corrected chi connectivity index (χ2v) is 4.89. The van der Waals surface area contributed by atoms with Crippen molar-refractivity contribution in [2.75, 3.05) is 12.3 Å². The van der Waals surface area contributed by atoms with Crippen LogP contribution in [0.25, 0.3) is 0 Å². The average Bonchev–Trinajstić information content (AvgIpc) is 2.11. The van der Waals surface area contributed by atoms with Gasteiger partial charge in [-0.05, 0) is 38.8 Å². The van der Waals surface area contributed by atoms with E-state index in [-0.39, 0.29) is 0 Å². The largest absolute Gasteiger partial charge is 0.493 e. The number of benzene rings is 1. The molecule has 0 spiro atoms. The zero-order chi connectivity index (χ0) is 12.3. The van der Waals surface area contributed by atoms with Crippen molar-refractivity contribution in [2.24, 2.45) is 0 Å². The predicted molar refractivity (Wildman–Crippen MR) is 66.7 cm³/mol. The van der Waals surface area contributed by atoms with Crippen LogP contribution < -0.4 is 10.5 Å². The number of rotatable bonds is 4. The Hall–Kier alpha value is -1.22. The molecule has 0 saturated heterocycles. The van der Waals surface area contributed by atoms with E-state index >= 15 is 0 Å². The third-order valence-electron chi connectivity index (χ3n) is 2.54. The van der Waals surface area contributed by atoms with Crippen LogP contribution in [0.5, 0.6) is 5.75 Å². The summed E-state index contributed by atoms with van der Waals surface area (Å²) in [4.78, 5) is 0. The molecule has 0 atom stereocenters. The van der Waals surface area contributed by atoms with Crippen LogP contribution in [0.1, 0.15) is 31.4 Å². The van der Waals surface area contributed by atoms with Gasteiger partial charge >= 0.3 is 0 Å². The molecule has 1 rings (SSSR count). The van der Waals surface area contributed by atoms with E-state index in [1.165, 1.54) is 0 Å². The summed E-state index contributed by atoms with van der Waals surface area (Å²) in [7, 11) is 0. The van der Waals surface area contributed by atoms with Crippen LogP contribution in [0, 0.1) is 13.8 Å². The summed E-state index contributed by atoms with van der Waals surface area (Å²) in [5.74, 6) is 0.798. The minimum atomic E-state index is -0.690. The third-order valence-corrected chi connectivity index (χ3v) is 2.54. The van der Waals surface area contributed by atoms with Crippen molar-refractivity contribution in [3.05, 3.63) is 23.3 Å². The molecule has 0 aromatic heterocycles. The van der Waals surface area contributed by atoms with E-state index in [0.717, 1.165) is 22.6 Å². The molecule has 0 bridgehead atoms. The number of anilines is 1. The Morgan fingerprint density at radius 1 is 1.25 bits per heavy atom. The predicted octanol–water partition coefficient (Wildman–Crippen LogP) is 2.43. The molecular weight excluding hydrogens is 202 g/mol. The molecule has 0 aliphatic rings. The second-order valence-electron chi connectivity index (χ2n) is 4.89. The van der Waals surface area contributed by atoms with Crippen molar-refractivity contribution in [3.63, 3.8) is 0 Å². The van der Waals surface area contributed by atoms with Crippen molar-refractivity contribution < 1.29 is 9.84 Å². The van der Waals surface area contributed by atoms with Gasteiger partial charge in [-0.3, -0.25) is 0 Å². The standard InChI is InChI=1S/C13H21NO2/c1-9-7-10(2)12(8-11(9)14)16-6-5-13(3,4)15/h7-8,15H,5-6,14H2,1-4H3. The van der Waals surface area contributed by atoms with Crippen molar-refractivity contribution in [2.45, 2.75) is 39.7 Å². The lowest BCUT2D eigenvalue weighted by molar-refractivity contribution is 0.0552. The Labute approximate surface area is 97.2 Å². The number of nitrogens with two attached hydrogens (primary N) is 1. The van der Waals surface area contributed by atoms with E-state index in [1.54, 1.807) is 13.8 Å². The van der Waals surface area contributed by atoms with E-state index < -0.39 is 5.60 Å². The Morgan fingerprint density at radius 3 is 2.44 bits per heavy atom. The fraction of sp³-hybridized carbons (Fsp3) is 0.538. The number of aliphatic hydroxyl groups is 1. The summed E-state index contributed by atoms with van der Waals surface area (Å²) in [5.41, 5.74) is 8.00. The molecule has 0 aliphatic carbocycles. The third kappa shape index (κ3) is 3.74. The number of nitrogen functional groups attached to an aromatic ring is 1. The van der Waals surface area contributed by atoms with Crippen LogP contribution >= 0.6 is 0 Å². The Morgan fingerprint density at radius 2 is 1.88 bits per heavy atom. The van der Waals surface area contributed by atoms with E-state index in [1.807, 2.05) is 26.0 Å². The normalized spacial score (nSPS) is 11.6. The molecule has 0 aliphatic heterocycles. The number of ether oxygens (including phenoxy) is 1. The summed E-state index contributed by atoms with van der Waals surface area (Å²) in [6, 6.07) is 3.85. The van der Waals surface area contributed by atoms with E-state index in [9.17, 15) is 5.11 Å². The van der Waals surface area contributed by atoms with E-state index in [2.05, 4.69) is 0 Å². The van der Waals surface area contributed by atoms with Gasteiger partial charge in [0.05, 0.1) is 12.2 Å². The highest BCUT2D eigenvalue weighted by Gasteiger charge is 2.12. The highest BCUT2D eigenvalue weighted by atomic mass is 16.5. The first-order valence-corrected chi connectivity index (χ1v) is 5.51. The summed E-state index contributed by atoms with van der Waals surface area (Å²) in [6.45, 7) is 8.00. The van der Waals surface area contributed by atoms with Gasteiger partial charge in [-0.25, -0.2) is 0 Å². The minimum absolute atomic E-state index is 0.493. The van der Waals surface area contributed by atoms with Crippen LogP contribution in [-0.2, 0) is 0 Å². The fourth-order valence-corrected chi connectivity index (χ4v) is 1.41. The van der Waals surface area contributed by atoms with Gasteiger partial charge in [0.25, 0.3) is 0 Å². The highest BCUT2D eigenvalue weighted by Crippen LogP contribution is 2.24. The van der Waals surface area contributed by atoms with Crippen LogP contribution in [0.4, 0.5) is 5.69 Å². The maximum atomic E-state index is 9.56. The molecule has 0 heterocycles. The zero-order valence-corrected chi connectivity index (χ0v) is 10.5. The fourth-order valence-electron chi connectivity index (χ4n) is 1.41. The van der Waals surface area contributed by atoms with Gasteiger partial charge < -0.3 is 15.6 Å². The van der Waals surface area contributed by atoms with Crippen LogP contribution in [0.15, 0.2) is 12.1 Å². The SMILES string of the molecule is Cc1cc(C)c(OCCC(C)(C)O)cc1N. The first kappa shape index (κ1) is 12.8. The van der Waals surface area contributed by atoms with Gasteiger partial charge in [0.1, 0.15) is 5.75 Å². The second kappa shape index (κ2) is 4.74. The minimum Gasteiger partial charge on any atom is -0.493 e. The summed E-state index contributed by atoms with van der Waals surface area (Å²) in [6.07, 6.45) is 0.597. The molecule has 0 radical (unpaired) electrons. The van der Waals surface area contributed by atoms with Gasteiger partial charge in [-0.1, -0.05) is 6.07 Å². The molecule has 16 heavy (non-hydrogen) atoms. The quantitative estimate of drug-likeness (QED) is 0.771. The smallest absolute Gasteiger partial charge is 0.124 e. The van der Waals surface area contributed by atoms with Crippen LogP contribution in [0.2, 0.25) is 0 Å². The maximum Gasteiger partial charge on any atom is 0.124 e. The van der Waals surface area contributed by atoms with Gasteiger partial charge in [0.15, 0.2) is 0 Å². The monoisotopic (exact) mass is 223 g/mol. The number of hydrogen-bond donors (Lipinski definition) is 2. The Bertz CT molecular complexity index is 367. The lowest BCUT2D eigenvalue weighted by Crippen LogP contribution is -2.22. The lowest BCUT2D eigenvalue weighted by atomic mass is 10.1. The molecule has 0 saturated carbocycles. The summed E-state index contributed by atoms with van der Waals surface area (Å²) >= 11 is 0. The van der Waals surface area contributed by atoms with Crippen LogP contribution in [-0.4, -0.2) is 17.3 Å². The topological polar surface area (TPSA) is 55.5 Å². The van der Waals surface area contributed by atoms with Gasteiger partial charge in [0, 0.05) is 18.2 Å². The molecule has 1 aromatic rings. The van der Waals surface area contributed by atoms with Crippen molar-refractivity contribution in [1.82, 2.24) is 0 Å². The molecule has 3 N–H and O–H groups in total. The van der Waals surface area contributed by atoms with E-state index in [0.29, 0.717) is 13.0 Å². The molecule has 0 amide bonds. The summed E-state index contributed by atoms with van der Waals surface area (Å²) in [5, 5.41) is 9.56. The Kier molecular flexibility index (Phi) is 3.81. The molecule has 1 aromatic carbocycles. The maximum absolute atomic E-state index is 9.56. The number of aryl methyl sites for hydroxylation is 2. The Balaban J connectivity index is 2.64. The first-order valence-electron chi connectivity index (χ1n) is 5.51. The van der Waals surface area contributed by atoms with Crippen molar-refractivity contribution in [1.29, 1.82) is 0 Å². The lowest BCUT2D eigenvalue weighted by Gasteiger charge is -2.18. The van der Waals surface area contributed by atoms with Gasteiger partial charge in [0.2, 0.25) is 0 Å². The van der Waals surface area contributed by atoms with Gasteiger partial charge in [-0.2, -0.15) is 0 Å². The molecular formula is C13H21NO2. The molecule has 90 valence electrons. The van der Waals surface area contributed by atoms with Gasteiger partial charge in [-0.15, -0.1) is 0 Å². The number of hydrogen-bond acceptors (Lipinski definition) is 3. The van der Waals surface area contributed by atoms with Crippen molar-refractivity contribution >= 4 is 5.69 Å². The average molecular weight is 223 g/mol. The van der Waals surface area contributed by atoms with E-state index in [4.69, 9.17) is 10.5 Å². The highest BCUT2D eigenvalue weighted by molar-refractivity contribution is 5.54. The van der Waals surface area contributed by atoms with Crippen molar-refractivity contribution in [3.8, 4) is 5.75 Å².